The summed E-state index contributed by atoms with van der Waals surface area (Å²) in [7, 11) is 0. The van der Waals surface area contributed by atoms with Crippen molar-refractivity contribution in [2.24, 2.45) is 4.99 Å². The Labute approximate surface area is 146 Å². The molecule has 1 aliphatic heterocycles. The van der Waals surface area contributed by atoms with Gasteiger partial charge in [-0.3, -0.25) is 4.79 Å². The lowest BCUT2D eigenvalue weighted by molar-refractivity contribution is -0.115. The van der Waals surface area contributed by atoms with Crippen molar-refractivity contribution < 1.29 is 24.9 Å². The number of phenols is 2. The van der Waals surface area contributed by atoms with Gasteiger partial charge in [0.1, 0.15) is 11.5 Å². The van der Waals surface area contributed by atoms with Gasteiger partial charge in [0.05, 0.1) is 16.2 Å². The Balaban J connectivity index is 1.90. The minimum absolute atomic E-state index is 0.0850. The van der Waals surface area contributed by atoms with E-state index in [9.17, 15) is 24.9 Å². The number of aromatic carboxylic acids is 1. The fourth-order valence-corrected chi connectivity index (χ4v) is 2.98. The number of carboxylic acid groups (broad SMARTS) is 1. The molecule has 25 heavy (non-hydrogen) atoms. The van der Waals surface area contributed by atoms with Gasteiger partial charge in [0.15, 0.2) is 5.17 Å². The van der Waals surface area contributed by atoms with Crippen LogP contribution in [-0.4, -0.2) is 32.4 Å². The van der Waals surface area contributed by atoms with Crippen LogP contribution >= 0.6 is 11.8 Å². The maximum absolute atomic E-state index is 12.0. The molecule has 0 aliphatic carbocycles. The monoisotopic (exact) mass is 356 g/mol. The van der Waals surface area contributed by atoms with Crippen LogP contribution in [0.3, 0.4) is 0 Å². The SMILES string of the molecule is O=C1NC(=Nc2ccc(O)cc2C(=O)O)S/C1=C\c1cccc(O)c1. The molecule has 8 heteroatoms. The Morgan fingerprint density at radius 3 is 2.60 bits per heavy atom. The highest BCUT2D eigenvalue weighted by Gasteiger charge is 2.24. The number of amides is 1. The summed E-state index contributed by atoms with van der Waals surface area (Å²) in [5.74, 6) is -1.71. The number of nitrogens with one attached hydrogen (secondary N) is 1. The predicted octanol–water partition coefficient (Wildman–Crippen LogP) is 2.69. The van der Waals surface area contributed by atoms with Crippen LogP contribution < -0.4 is 5.32 Å². The summed E-state index contributed by atoms with van der Waals surface area (Å²) in [4.78, 5) is 27.8. The van der Waals surface area contributed by atoms with Crippen molar-refractivity contribution >= 4 is 40.6 Å². The molecule has 7 nitrogen and oxygen atoms in total. The molecule has 0 spiro atoms. The fourth-order valence-electron chi connectivity index (χ4n) is 2.15. The molecular formula is C17H12N2O5S. The maximum atomic E-state index is 12.0. The van der Waals surface area contributed by atoms with Crippen molar-refractivity contribution in [1.29, 1.82) is 0 Å². The number of rotatable bonds is 3. The van der Waals surface area contributed by atoms with E-state index in [4.69, 9.17) is 0 Å². The Hall–Kier alpha value is -3.26. The second kappa shape index (κ2) is 6.70. The van der Waals surface area contributed by atoms with Crippen molar-refractivity contribution in [2.45, 2.75) is 0 Å². The van der Waals surface area contributed by atoms with Crippen LogP contribution in [0.15, 0.2) is 52.4 Å². The average molecular weight is 356 g/mol. The molecule has 0 bridgehead atoms. The fraction of sp³-hybridized carbons (Fsp3) is 0. The second-order valence-corrected chi connectivity index (χ2v) is 6.11. The molecule has 0 radical (unpaired) electrons. The van der Waals surface area contributed by atoms with Gasteiger partial charge < -0.3 is 20.6 Å². The highest BCUT2D eigenvalue weighted by atomic mass is 32.2. The van der Waals surface area contributed by atoms with Gasteiger partial charge in [-0.25, -0.2) is 9.79 Å². The standard InChI is InChI=1S/C17H12N2O5S/c20-10-3-1-2-9(6-10)7-14-15(22)19-17(25-14)18-13-5-4-11(21)8-12(13)16(23)24/h1-8,20-21H,(H,23,24)(H,18,19,22)/b14-7-. The van der Waals surface area contributed by atoms with Crippen LogP contribution in [0.1, 0.15) is 15.9 Å². The van der Waals surface area contributed by atoms with Crippen molar-refractivity contribution in [3.8, 4) is 11.5 Å². The first kappa shape index (κ1) is 16.6. The lowest BCUT2D eigenvalue weighted by Gasteiger charge is -2.02. The van der Waals surface area contributed by atoms with E-state index < -0.39 is 5.97 Å². The van der Waals surface area contributed by atoms with Gasteiger partial charge in [0.25, 0.3) is 5.91 Å². The number of nitrogens with zero attached hydrogens (tertiary/aromatic N) is 1. The first-order valence-corrected chi connectivity index (χ1v) is 7.89. The third-order valence-corrected chi connectivity index (χ3v) is 4.16. The summed E-state index contributed by atoms with van der Waals surface area (Å²) >= 11 is 1.05. The van der Waals surface area contributed by atoms with Crippen LogP contribution in [0.2, 0.25) is 0 Å². The van der Waals surface area contributed by atoms with Gasteiger partial charge in [-0.05, 0) is 53.7 Å². The second-order valence-electron chi connectivity index (χ2n) is 5.08. The molecule has 0 saturated carbocycles. The van der Waals surface area contributed by atoms with E-state index in [1.165, 1.54) is 24.3 Å². The summed E-state index contributed by atoms with van der Waals surface area (Å²) in [6, 6.07) is 10.2. The van der Waals surface area contributed by atoms with Crippen LogP contribution in [0, 0.1) is 0 Å². The number of carbonyl (C=O) groups excluding carboxylic acids is 1. The average Bonchev–Trinajstić information content (AvgIpc) is 2.88. The van der Waals surface area contributed by atoms with Gasteiger partial charge in [-0.15, -0.1) is 0 Å². The predicted molar refractivity (Wildman–Crippen MR) is 94.0 cm³/mol. The van der Waals surface area contributed by atoms with E-state index in [0.717, 1.165) is 17.8 Å². The molecule has 1 amide bonds. The van der Waals surface area contributed by atoms with E-state index in [2.05, 4.69) is 10.3 Å². The highest BCUT2D eigenvalue weighted by Crippen LogP contribution is 2.30. The van der Waals surface area contributed by atoms with Crippen molar-refractivity contribution in [3.05, 3.63) is 58.5 Å². The largest absolute Gasteiger partial charge is 0.508 e. The van der Waals surface area contributed by atoms with Crippen LogP contribution in [0.5, 0.6) is 11.5 Å². The molecule has 1 saturated heterocycles. The number of thioether (sulfide) groups is 1. The lowest BCUT2D eigenvalue weighted by atomic mass is 10.2. The Bertz CT molecular complexity index is 936. The quantitative estimate of drug-likeness (QED) is 0.628. The molecular weight excluding hydrogens is 344 g/mol. The number of aromatic hydroxyl groups is 2. The number of benzene rings is 2. The zero-order valence-corrected chi connectivity index (χ0v) is 13.4. The third kappa shape index (κ3) is 3.81. The van der Waals surface area contributed by atoms with Gasteiger partial charge in [-0.1, -0.05) is 12.1 Å². The first-order chi connectivity index (χ1) is 11.9. The number of hydrogen-bond acceptors (Lipinski definition) is 6. The zero-order chi connectivity index (χ0) is 18.0. The first-order valence-electron chi connectivity index (χ1n) is 7.07. The van der Waals surface area contributed by atoms with E-state index in [-0.39, 0.29) is 33.8 Å². The van der Waals surface area contributed by atoms with E-state index in [0.29, 0.717) is 10.5 Å². The van der Waals surface area contributed by atoms with Gasteiger partial charge in [0.2, 0.25) is 0 Å². The molecule has 3 rings (SSSR count). The number of hydrogen-bond donors (Lipinski definition) is 4. The van der Waals surface area contributed by atoms with Gasteiger partial charge in [-0.2, -0.15) is 0 Å². The Morgan fingerprint density at radius 1 is 1.12 bits per heavy atom. The molecule has 0 aromatic heterocycles. The number of phenolic OH excluding ortho intramolecular Hbond substituents is 2. The van der Waals surface area contributed by atoms with Crippen molar-refractivity contribution in [1.82, 2.24) is 5.32 Å². The van der Waals surface area contributed by atoms with Crippen molar-refractivity contribution in [2.75, 3.05) is 0 Å². The molecule has 1 fully saturated rings. The molecule has 1 heterocycles. The van der Waals surface area contributed by atoms with Crippen LogP contribution in [-0.2, 0) is 4.79 Å². The van der Waals surface area contributed by atoms with E-state index in [1.807, 2.05) is 0 Å². The van der Waals surface area contributed by atoms with E-state index in [1.54, 1.807) is 18.2 Å². The normalized spacial score (nSPS) is 17.0. The third-order valence-electron chi connectivity index (χ3n) is 3.25. The number of aliphatic imine (C=N–C) groups is 1. The molecule has 0 unspecified atom stereocenters. The maximum Gasteiger partial charge on any atom is 0.338 e. The Morgan fingerprint density at radius 2 is 1.88 bits per heavy atom. The molecule has 1 aliphatic rings. The zero-order valence-electron chi connectivity index (χ0n) is 12.6. The minimum Gasteiger partial charge on any atom is -0.508 e. The minimum atomic E-state index is -1.24. The van der Waals surface area contributed by atoms with Crippen LogP contribution in [0.25, 0.3) is 6.08 Å². The van der Waals surface area contributed by atoms with Crippen LogP contribution in [0.4, 0.5) is 5.69 Å². The smallest absolute Gasteiger partial charge is 0.338 e. The van der Waals surface area contributed by atoms with Gasteiger partial charge >= 0.3 is 5.97 Å². The summed E-state index contributed by atoms with van der Waals surface area (Å²) < 4.78 is 0. The number of carbonyl (C=O) groups is 2. The molecule has 2 aromatic carbocycles. The topological polar surface area (TPSA) is 119 Å². The number of amidine groups is 1. The summed E-state index contributed by atoms with van der Waals surface area (Å²) in [6.07, 6.45) is 1.59. The molecule has 4 N–H and O–H groups in total. The summed E-state index contributed by atoms with van der Waals surface area (Å²) in [5, 5.41) is 30.8. The number of carboxylic acids is 1. The molecule has 126 valence electrons. The summed E-state index contributed by atoms with van der Waals surface area (Å²) in [6.45, 7) is 0. The lowest BCUT2D eigenvalue weighted by Crippen LogP contribution is -2.19. The highest BCUT2D eigenvalue weighted by molar-refractivity contribution is 8.18. The molecule has 2 aromatic rings. The molecule has 0 atom stereocenters. The van der Waals surface area contributed by atoms with Gasteiger partial charge in [0, 0.05) is 0 Å². The summed E-state index contributed by atoms with van der Waals surface area (Å²) in [5.41, 5.74) is 0.592. The van der Waals surface area contributed by atoms with Crippen molar-refractivity contribution in [3.63, 3.8) is 0 Å². The van der Waals surface area contributed by atoms with E-state index >= 15 is 0 Å². The Kier molecular flexibility index (Phi) is 4.44.